The second-order valence-corrected chi connectivity index (χ2v) is 6.64. The van der Waals surface area contributed by atoms with Crippen LogP contribution in [0.25, 0.3) is 0 Å². The molecule has 0 aliphatic carbocycles. The van der Waals surface area contributed by atoms with E-state index in [0.29, 0.717) is 38.3 Å². The molecule has 0 atom stereocenters. The van der Waals surface area contributed by atoms with E-state index in [0.717, 1.165) is 12.1 Å². The summed E-state index contributed by atoms with van der Waals surface area (Å²) in [6.07, 6.45) is -4.39. The van der Waals surface area contributed by atoms with Gasteiger partial charge >= 0.3 is 12.8 Å². The van der Waals surface area contributed by atoms with E-state index in [1.807, 2.05) is 4.90 Å². The first-order chi connectivity index (χ1) is 13.7. The summed E-state index contributed by atoms with van der Waals surface area (Å²) in [5.41, 5.74) is -0.103. The summed E-state index contributed by atoms with van der Waals surface area (Å²) in [6, 6.07) is 11.0. The zero-order chi connectivity index (χ0) is 21.0. The first-order valence-corrected chi connectivity index (χ1v) is 8.95. The van der Waals surface area contributed by atoms with E-state index in [-0.39, 0.29) is 11.3 Å². The SMILES string of the molecule is O=C(c1ccccc1OC(F)F)N1CCN(Cc2cccc(C(F)(F)F)c2)CC1. The summed E-state index contributed by atoms with van der Waals surface area (Å²) in [4.78, 5) is 16.1. The Morgan fingerprint density at radius 1 is 1.00 bits per heavy atom. The van der Waals surface area contributed by atoms with Crippen LogP contribution < -0.4 is 4.74 Å². The average molecular weight is 414 g/mol. The molecule has 0 saturated carbocycles. The van der Waals surface area contributed by atoms with Crippen LogP contribution in [-0.4, -0.2) is 48.5 Å². The Morgan fingerprint density at radius 2 is 1.69 bits per heavy atom. The number of piperazine rings is 1. The Bertz CT molecular complexity index is 849. The fourth-order valence-electron chi connectivity index (χ4n) is 3.23. The van der Waals surface area contributed by atoms with E-state index in [1.165, 1.54) is 29.2 Å². The van der Waals surface area contributed by atoms with Gasteiger partial charge in [0.2, 0.25) is 0 Å². The summed E-state index contributed by atoms with van der Waals surface area (Å²) in [7, 11) is 0. The number of ether oxygens (including phenoxy) is 1. The van der Waals surface area contributed by atoms with Gasteiger partial charge in [-0.1, -0.05) is 30.3 Å². The molecule has 4 nitrogen and oxygen atoms in total. The van der Waals surface area contributed by atoms with Gasteiger partial charge in [0.1, 0.15) is 5.75 Å². The minimum absolute atomic E-state index is 0.0547. The van der Waals surface area contributed by atoms with Crippen molar-refractivity contribution >= 4 is 5.91 Å². The second-order valence-electron chi connectivity index (χ2n) is 6.64. The second kappa shape index (κ2) is 8.77. The van der Waals surface area contributed by atoms with Crippen LogP contribution in [0.1, 0.15) is 21.5 Å². The molecule has 0 radical (unpaired) electrons. The Hall–Kier alpha value is -2.68. The average Bonchev–Trinajstić information content (AvgIpc) is 2.68. The normalized spacial score (nSPS) is 15.6. The number of alkyl halides is 5. The smallest absolute Gasteiger partial charge is 0.416 e. The van der Waals surface area contributed by atoms with Crippen LogP contribution in [-0.2, 0) is 12.7 Å². The summed E-state index contributed by atoms with van der Waals surface area (Å²) in [5.74, 6) is -0.598. The number of amides is 1. The Balaban J connectivity index is 1.61. The molecular weight excluding hydrogens is 395 g/mol. The highest BCUT2D eigenvalue weighted by atomic mass is 19.4. The lowest BCUT2D eigenvalue weighted by molar-refractivity contribution is -0.137. The van der Waals surface area contributed by atoms with Gasteiger partial charge in [0.15, 0.2) is 0 Å². The number of hydrogen-bond acceptors (Lipinski definition) is 3. The molecule has 1 aliphatic heterocycles. The van der Waals surface area contributed by atoms with Gasteiger partial charge in [-0.05, 0) is 23.8 Å². The van der Waals surface area contributed by atoms with Gasteiger partial charge < -0.3 is 9.64 Å². The topological polar surface area (TPSA) is 32.8 Å². The van der Waals surface area contributed by atoms with Crippen LogP contribution in [0.3, 0.4) is 0 Å². The quantitative estimate of drug-likeness (QED) is 0.686. The summed E-state index contributed by atoms with van der Waals surface area (Å²) in [6.45, 7) is -1.12. The number of nitrogens with zero attached hydrogens (tertiary/aromatic N) is 2. The van der Waals surface area contributed by atoms with E-state index in [4.69, 9.17) is 0 Å². The fraction of sp³-hybridized carbons (Fsp3) is 0.350. The number of hydrogen-bond donors (Lipinski definition) is 0. The largest absolute Gasteiger partial charge is 0.434 e. The first-order valence-electron chi connectivity index (χ1n) is 8.95. The van der Waals surface area contributed by atoms with Gasteiger partial charge in [-0.25, -0.2) is 0 Å². The van der Waals surface area contributed by atoms with Crippen LogP contribution in [0, 0.1) is 0 Å². The number of halogens is 5. The molecule has 0 N–H and O–H groups in total. The highest BCUT2D eigenvalue weighted by molar-refractivity contribution is 5.97. The Labute approximate surface area is 164 Å². The molecular formula is C20H19F5N2O2. The van der Waals surface area contributed by atoms with Crippen molar-refractivity contribution in [2.24, 2.45) is 0 Å². The highest BCUT2D eigenvalue weighted by Crippen LogP contribution is 2.30. The minimum atomic E-state index is -4.39. The van der Waals surface area contributed by atoms with Crippen molar-refractivity contribution in [1.29, 1.82) is 0 Å². The molecule has 29 heavy (non-hydrogen) atoms. The van der Waals surface area contributed by atoms with Gasteiger partial charge in [0, 0.05) is 32.7 Å². The van der Waals surface area contributed by atoms with E-state index in [1.54, 1.807) is 12.1 Å². The van der Waals surface area contributed by atoms with Crippen molar-refractivity contribution in [3.63, 3.8) is 0 Å². The highest BCUT2D eigenvalue weighted by Gasteiger charge is 2.31. The zero-order valence-corrected chi connectivity index (χ0v) is 15.3. The fourth-order valence-corrected chi connectivity index (χ4v) is 3.23. The molecule has 0 aromatic heterocycles. The van der Waals surface area contributed by atoms with Gasteiger partial charge in [-0.15, -0.1) is 0 Å². The lowest BCUT2D eigenvalue weighted by atomic mass is 10.1. The van der Waals surface area contributed by atoms with Crippen molar-refractivity contribution in [1.82, 2.24) is 9.80 Å². The molecule has 9 heteroatoms. The summed E-state index contributed by atoms with van der Waals surface area (Å²) < 4.78 is 68.0. The molecule has 0 spiro atoms. The standard InChI is InChI=1S/C20H19F5N2O2/c21-19(22)29-17-7-2-1-6-16(17)18(28)27-10-8-26(9-11-27)13-14-4-3-5-15(12-14)20(23,24)25/h1-7,12,19H,8-11,13H2. The number of rotatable bonds is 5. The van der Waals surface area contributed by atoms with Crippen LogP contribution in [0.5, 0.6) is 5.75 Å². The molecule has 0 bridgehead atoms. The third-order valence-corrected chi connectivity index (χ3v) is 4.65. The molecule has 1 aliphatic rings. The minimum Gasteiger partial charge on any atom is -0.434 e. The lowest BCUT2D eigenvalue weighted by Gasteiger charge is -2.35. The van der Waals surface area contributed by atoms with Crippen LogP contribution in [0.2, 0.25) is 0 Å². The predicted octanol–water partition coefficient (Wildman–Crippen LogP) is 4.26. The van der Waals surface area contributed by atoms with Crippen molar-refractivity contribution in [2.45, 2.75) is 19.3 Å². The molecule has 2 aromatic rings. The molecule has 2 aromatic carbocycles. The first kappa shape index (κ1) is 21.0. The number of carbonyl (C=O) groups excluding carboxylic acids is 1. The number of benzene rings is 2. The molecule has 1 saturated heterocycles. The van der Waals surface area contributed by atoms with Crippen molar-refractivity contribution < 1.29 is 31.5 Å². The maximum absolute atomic E-state index is 12.8. The van der Waals surface area contributed by atoms with Gasteiger partial charge in [-0.3, -0.25) is 9.69 Å². The maximum Gasteiger partial charge on any atom is 0.416 e. The molecule has 0 unspecified atom stereocenters. The van der Waals surface area contributed by atoms with Gasteiger partial charge in [0.25, 0.3) is 5.91 Å². The molecule has 3 rings (SSSR count). The lowest BCUT2D eigenvalue weighted by Crippen LogP contribution is -2.48. The molecule has 1 amide bonds. The van der Waals surface area contributed by atoms with Crippen LogP contribution >= 0.6 is 0 Å². The van der Waals surface area contributed by atoms with E-state index >= 15 is 0 Å². The maximum atomic E-state index is 12.8. The predicted molar refractivity (Wildman–Crippen MR) is 95.7 cm³/mol. The zero-order valence-electron chi connectivity index (χ0n) is 15.3. The Kier molecular flexibility index (Phi) is 6.36. The molecule has 1 heterocycles. The van der Waals surface area contributed by atoms with Crippen LogP contribution in [0.4, 0.5) is 22.0 Å². The van der Waals surface area contributed by atoms with Gasteiger partial charge in [-0.2, -0.15) is 22.0 Å². The van der Waals surface area contributed by atoms with E-state index in [2.05, 4.69) is 4.74 Å². The Morgan fingerprint density at radius 3 is 2.34 bits per heavy atom. The molecule has 1 fully saturated rings. The van der Waals surface area contributed by atoms with Crippen LogP contribution in [0.15, 0.2) is 48.5 Å². The number of para-hydroxylation sites is 1. The van der Waals surface area contributed by atoms with E-state index in [9.17, 15) is 26.7 Å². The number of carbonyl (C=O) groups is 1. The van der Waals surface area contributed by atoms with Crippen molar-refractivity contribution in [3.05, 3.63) is 65.2 Å². The third kappa shape index (κ3) is 5.44. The third-order valence-electron chi connectivity index (χ3n) is 4.65. The summed E-state index contributed by atoms with van der Waals surface area (Å²) >= 11 is 0. The van der Waals surface area contributed by atoms with Crippen molar-refractivity contribution in [2.75, 3.05) is 26.2 Å². The van der Waals surface area contributed by atoms with Gasteiger partial charge in [0.05, 0.1) is 11.1 Å². The summed E-state index contributed by atoms with van der Waals surface area (Å²) in [5, 5.41) is 0. The monoisotopic (exact) mass is 414 g/mol. The molecule has 156 valence electrons. The van der Waals surface area contributed by atoms with Crippen molar-refractivity contribution in [3.8, 4) is 5.75 Å². The van der Waals surface area contributed by atoms with E-state index < -0.39 is 24.3 Å².